The topological polar surface area (TPSA) is 29.5 Å². The number of halogens is 1. The van der Waals surface area contributed by atoms with Crippen molar-refractivity contribution >= 4 is 15.9 Å². The van der Waals surface area contributed by atoms with Crippen LogP contribution in [-0.2, 0) is 10.3 Å². The molecule has 1 aromatic rings. The summed E-state index contributed by atoms with van der Waals surface area (Å²) in [6.07, 6.45) is 0. The van der Waals surface area contributed by atoms with Gasteiger partial charge in [-0.2, -0.15) is 0 Å². The molecule has 0 aromatic heterocycles. The highest BCUT2D eigenvalue weighted by atomic mass is 79.9. The second-order valence-corrected chi connectivity index (χ2v) is 6.60. The lowest BCUT2D eigenvalue weighted by Gasteiger charge is -2.37. The van der Waals surface area contributed by atoms with Gasteiger partial charge in [0.2, 0.25) is 0 Å². The molecule has 0 radical (unpaired) electrons. The highest BCUT2D eigenvalue weighted by Crippen LogP contribution is 2.38. The fourth-order valence-electron chi connectivity index (χ4n) is 2.24. The Labute approximate surface area is 117 Å². The SMILES string of the molecule is CC(C)c1cc(C2(O)COC2)cc(C(C)C)c1Br. The van der Waals surface area contributed by atoms with Gasteiger partial charge in [-0.25, -0.2) is 0 Å². The predicted octanol–water partition coefficient (Wildman–Crippen LogP) is 3.91. The van der Waals surface area contributed by atoms with Crippen LogP contribution in [0, 0.1) is 0 Å². The van der Waals surface area contributed by atoms with Crippen LogP contribution in [-0.4, -0.2) is 18.3 Å². The zero-order chi connectivity index (χ0) is 13.5. The zero-order valence-electron chi connectivity index (χ0n) is 11.5. The van der Waals surface area contributed by atoms with Crippen LogP contribution >= 0.6 is 15.9 Å². The molecule has 0 atom stereocenters. The Kier molecular flexibility index (Phi) is 3.86. The van der Waals surface area contributed by atoms with Gasteiger partial charge in [-0.1, -0.05) is 55.8 Å². The van der Waals surface area contributed by atoms with Gasteiger partial charge in [-0.15, -0.1) is 0 Å². The van der Waals surface area contributed by atoms with Gasteiger partial charge in [0.1, 0.15) is 5.60 Å². The first-order chi connectivity index (χ1) is 8.35. The number of hydrogen-bond acceptors (Lipinski definition) is 2. The van der Waals surface area contributed by atoms with Crippen molar-refractivity contribution in [1.29, 1.82) is 0 Å². The molecule has 0 unspecified atom stereocenters. The monoisotopic (exact) mass is 312 g/mol. The number of benzene rings is 1. The van der Waals surface area contributed by atoms with Crippen molar-refractivity contribution in [1.82, 2.24) is 0 Å². The second-order valence-electron chi connectivity index (χ2n) is 5.80. The lowest BCUT2D eigenvalue weighted by molar-refractivity contribution is -0.184. The number of aliphatic hydroxyl groups is 1. The minimum absolute atomic E-state index is 0.406. The number of ether oxygens (including phenoxy) is 1. The fraction of sp³-hybridized carbons (Fsp3) is 0.600. The summed E-state index contributed by atoms with van der Waals surface area (Å²) >= 11 is 3.71. The summed E-state index contributed by atoms with van der Waals surface area (Å²) in [5.41, 5.74) is 2.73. The minimum Gasteiger partial charge on any atom is -0.380 e. The molecule has 2 nitrogen and oxygen atoms in total. The highest BCUT2D eigenvalue weighted by molar-refractivity contribution is 9.10. The van der Waals surface area contributed by atoms with E-state index in [1.54, 1.807) is 0 Å². The van der Waals surface area contributed by atoms with Gasteiger partial charge >= 0.3 is 0 Å². The molecular weight excluding hydrogens is 292 g/mol. The summed E-state index contributed by atoms with van der Waals surface area (Å²) in [6, 6.07) is 4.23. The first kappa shape index (κ1) is 14.0. The number of hydrogen-bond donors (Lipinski definition) is 1. The summed E-state index contributed by atoms with van der Waals surface area (Å²) in [5, 5.41) is 10.4. The molecule has 0 bridgehead atoms. The van der Waals surface area contributed by atoms with Gasteiger partial charge in [-0.05, 0) is 28.5 Å². The van der Waals surface area contributed by atoms with E-state index in [0.717, 1.165) is 5.56 Å². The molecular formula is C15H21BrO2. The molecule has 0 aliphatic carbocycles. The van der Waals surface area contributed by atoms with Crippen molar-refractivity contribution in [3.8, 4) is 0 Å². The summed E-state index contributed by atoms with van der Waals surface area (Å²) in [5.74, 6) is 0.864. The molecule has 1 heterocycles. The predicted molar refractivity (Wildman–Crippen MR) is 77.0 cm³/mol. The normalized spacial score (nSPS) is 18.2. The molecule has 2 rings (SSSR count). The summed E-state index contributed by atoms with van der Waals surface area (Å²) < 4.78 is 6.34. The highest BCUT2D eigenvalue weighted by Gasteiger charge is 2.38. The van der Waals surface area contributed by atoms with Gasteiger partial charge in [0.05, 0.1) is 13.2 Å². The Morgan fingerprint density at radius 2 is 1.56 bits per heavy atom. The summed E-state index contributed by atoms with van der Waals surface area (Å²) in [6.45, 7) is 9.52. The Bertz CT molecular complexity index is 419. The van der Waals surface area contributed by atoms with Crippen molar-refractivity contribution < 1.29 is 9.84 Å². The van der Waals surface area contributed by atoms with Crippen LogP contribution in [0.4, 0.5) is 0 Å². The van der Waals surface area contributed by atoms with Crippen LogP contribution in [0.5, 0.6) is 0 Å². The van der Waals surface area contributed by atoms with Crippen molar-refractivity contribution in [2.24, 2.45) is 0 Å². The maximum Gasteiger partial charge on any atom is 0.136 e. The van der Waals surface area contributed by atoms with E-state index in [4.69, 9.17) is 4.74 Å². The van der Waals surface area contributed by atoms with E-state index in [-0.39, 0.29) is 0 Å². The van der Waals surface area contributed by atoms with Gasteiger partial charge < -0.3 is 9.84 Å². The molecule has 3 heteroatoms. The number of rotatable bonds is 3. The van der Waals surface area contributed by atoms with Crippen LogP contribution in [0.25, 0.3) is 0 Å². The third-order valence-electron chi connectivity index (χ3n) is 3.59. The third kappa shape index (κ3) is 2.36. The molecule has 0 saturated carbocycles. The first-order valence-corrected chi connectivity index (χ1v) is 7.28. The zero-order valence-corrected chi connectivity index (χ0v) is 13.0. The average molecular weight is 313 g/mol. The molecule has 0 amide bonds. The maximum atomic E-state index is 10.4. The fourth-order valence-corrected chi connectivity index (χ4v) is 3.39. The minimum atomic E-state index is -0.784. The smallest absolute Gasteiger partial charge is 0.136 e. The Morgan fingerprint density at radius 3 is 1.83 bits per heavy atom. The summed E-state index contributed by atoms with van der Waals surface area (Å²) in [7, 11) is 0. The largest absolute Gasteiger partial charge is 0.380 e. The van der Waals surface area contributed by atoms with Gasteiger partial charge in [0.25, 0.3) is 0 Å². The lowest BCUT2D eigenvalue weighted by Crippen LogP contribution is -2.46. The van der Waals surface area contributed by atoms with Crippen LogP contribution in [0.3, 0.4) is 0 Å². The molecule has 18 heavy (non-hydrogen) atoms. The van der Waals surface area contributed by atoms with Crippen LogP contribution < -0.4 is 0 Å². The Balaban J connectivity index is 2.55. The van der Waals surface area contributed by atoms with Crippen molar-refractivity contribution in [2.45, 2.75) is 45.1 Å². The van der Waals surface area contributed by atoms with E-state index in [2.05, 4.69) is 55.8 Å². The van der Waals surface area contributed by atoms with Crippen molar-refractivity contribution in [3.63, 3.8) is 0 Å². The van der Waals surface area contributed by atoms with Gasteiger partial charge in [0, 0.05) is 4.47 Å². The van der Waals surface area contributed by atoms with Gasteiger partial charge in [-0.3, -0.25) is 0 Å². The first-order valence-electron chi connectivity index (χ1n) is 6.49. The average Bonchev–Trinajstić information content (AvgIpc) is 2.25. The van der Waals surface area contributed by atoms with E-state index >= 15 is 0 Å². The standard InChI is InChI=1S/C15H21BrO2/c1-9(2)12-5-11(15(17)7-18-8-15)6-13(10(3)4)14(12)16/h5-6,9-10,17H,7-8H2,1-4H3. The molecule has 1 fully saturated rings. The summed E-state index contributed by atoms with van der Waals surface area (Å²) in [4.78, 5) is 0. The van der Waals surface area contributed by atoms with Crippen LogP contribution in [0.1, 0.15) is 56.2 Å². The van der Waals surface area contributed by atoms with E-state index in [1.165, 1.54) is 15.6 Å². The Hall–Kier alpha value is -0.380. The lowest BCUT2D eigenvalue weighted by atomic mass is 9.85. The van der Waals surface area contributed by atoms with Crippen LogP contribution in [0.15, 0.2) is 16.6 Å². The quantitative estimate of drug-likeness (QED) is 0.916. The van der Waals surface area contributed by atoms with Gasteiger partial charge in [0.15, 0.2) is 0 Å². The molecule has 1 aliphatic rings. The van der Waals surface area contributed by atoms with E-state index in [9.17, 15) is 5.11 Å². The van der Waals surface area contributed by atoms with Crippen LogP contribution in [0.2, 0.25) is 0 Å². The molecule has 1 saturated heterocycles. The molecule has 0 spiro atoms. The van der Waals surface area contributed by atoms with E-state index < -0.39 is 5.60 Å². The van der Waals surface area contributed by atoms with Crippen molar-refractivity contribution in [3.05, 3.63) is 33.3 Å². The Morgan fingerprint density at radius 1 is 1.11 bits per heavy atom. The second kappa shape index (κ2) is 4.95. The third-order valence-corrected chi connectivity index (χ3v) is 4.51. The molecule has 1 aliphatic heterocycles. The van der Waals surface area contributed by atoms with Crippen molar-refractivity contribution in [2.75, 3.05) is 13.2 Å². The van der Waals surface area contributed by atoms with E-state index in [1.807, 2.05) is 0 Å². The molecule has 100 valence electrons. The molecule has 1 N–H and O–H groups in total. The van der Waals surface area contributed by atoms with E-state index in [0.29, 0.717) is 25.0 Å². The molecule has 1 aromatic carbocycles. The maximum absolute atomic E-state index is 10.4.